The number of carbonyl (C=O) groups is 1. The average Bonchev–Trinajstić information content (AvgIpc) is 2.60. The number of carboxylic acids is 1. The Morgan fingerprint density at radius 1 is 1.25 bits per heavy atom. The first-order valence-electron chi connectivity index (χ1n) is 6.65. The van der Waals surface area contributed by atoms with E-state index in [-0.39, 0.29) is 12.4 Å². The SMILES string of the molecule is O=C(O)CN1CCCN(Cc2cccc(F)c2Br)CC1. The monoisotopic (exact) mass is 344 g/mol. The van der Waals surface area contributed by atoms with Crippen LogP contribution in [-0.4, -0.2) is 53.6 Å². The Balaban J connectivity index is 1.94. The van der Waals surface area contributed by atoms with Crippen molar-refractivity contribution in [3.05, 3.63) is 34.1 Å². The molecule has 1 aromatic rings. The summed E-state index contributed by atoms with van der Waals surface area (Å²) in [6, 6.07) is 5.06. The second-order valence-corrected chi connectivity index (χ2v) is 5.81. The second-order valence-electron chi connectivity index (χ2n) is 5.01. The van der Waals surface area contributed by atoms with E-state index in [2.05, 4.69) is 20.8 Å². The van der Waals surface area contributed by atoms with Gasteiger partial charge in [0.1, 0.15) is 5.82 Å². The van der Waals surface area contributed by atoms with Crippen LogP contribution >= 0.6 is 15.9 Å². The largest absolute Gasteiger partial charge is 0.480 e. The number of carboxylic acid groups (broad SMARTS) is 1. The third-order valence-electron chi connectivity index (χ3n) is 3.47. The zero-order valence-corrected chi connectivity index (χ0v) is 12.8. The number of halogens is 2. The number of nitrogens with zero attached hydrogens (tertiary/aromatic N) is 2. The van der Waals surface area contributed by atoms with Crippen LogP contribution in [-0.2, 0) is 11.3 Å². The predicted molar refractivity (Wildman–Crippen MR) is 78.1 cm³/mol. The maximum Gasteiger partial charge on any atom is 0.317 e. The van der Waals surface area contributed by atoms with Crippen LogP contribution in [0, 0.1) is 5.82 Å². The van der Waals surface area contributed by atoms with Gasteiger partial charge in [0.25, 0.3) is 0 Å². The Labute approximate surface area is 126 Å². The van der Waals surface area contributed by atoms with E-state index in [1.807, 2.05) is 11.0 Å². The molecule has 1 saturated heterocycles. The molecule has 1 heterocycles. The van der Waals surface area contributed by atoms with Gasteiger partial charge in [-0.15, -0.1) is 0 Å². The van der Waals surface area contributed by atoms with Gasteiger partial charge in [-0.05, 0) is 40.5 Å². The normalized spacial score (nSPS) is 17.9. The molecule has 1 N–H and O–H groups in total. The van der Waals surface area contributed by atoms with Crippen molar-refractivity contribution in [2.24, 2.45) is 0 Å². The zero-order valence-electron chi connectivity index (χ0n) is 11.2. The topological polar surface area (TPSA) is 43.8 Å². The molecule has 1 aliphatic heterocycles. The van der Waals surface area contributed by atoms with Crippen LogP contribution < -0.4 is 0 Å². The highest BCUT2D eigenvalue weighted by molar-refractivity contribution is 9.10. The average molecular weight is 345 g/mol. The van der Waals surface area contributed by atoms with Crippen molar-refractivity contribution in [1.29, 1.82) is 0 Å². The summed E-state index contributed by atoms with van der Waals surface area (Å²) in [7, 11) is 0. The van der Waals surface area contributed by atoms with Crippen LogP contribution in [0.4, 0.5) is 4.39 Å². The molecule has 0 amide bonds. The van der Waals surface area contributed by atoms with E-state index in [4.69, 9.17) is 5.11 Å². The molecule has 110 valence electrons. The molecule has 1 fully saturated rings. The summed E-state index contributed by atoms with van der Waals surface area (Å²) < 4.78 is 14.0. The fourth-order valence-corrected chi connectivity index (χ4v) is 2.83. The molecule has 0 aliphatic carbocycles. The van der Waals surface area contributed by atoms with Gasteiger partial charge in [0.05, 0.1) is 11.0 Å². The van der Waals surface area contributed by atoms with Gasteiger partial charge >= 0.3 is 5.97 Å². The fraction of sp³-hybridized carbons (Fsp3) is 0.500. The molecule has 1 aliphatic rings. The lowest BCUT2D eigenvalue weighted by Crippen LogP contribution is -2.34. The Morgan fingerprint density at radius 3 is 2.70 bits per heavy atom. The molecular formula is C14H18BrFN2O2. The maximum absolute atomic E-state index is 13.5. The van der Waals surface area contributed by atoms with Crippen molar-refractivity contribution in [3.8, 4) is 0 Å². The van der Waals surface area contributed by atoms with Gasteiger partial charge in [0, 0.05) is 26.2 Å². The van der Waals surface area contributed by atoms with Crippen LogP contribution in [0.3, 0.4) is 0 Å². The van der Waals surface area contributed by atoms with Crippen molar-refractivity contribution in [2.75, 3.05) is 32.7 Å². The van der Waals surface area contributed by atoms with E-state index < -0.39 is 5.97 Å². The standard InChI is InChI=1S/C14H18BrFN2O2/c15-14-11(3-1-4-12(14)16)9-17-5-2-6-18(8-7-17)10-13(19)20/h1,3-4H,2,5-10H2,(H,19,20). The number of hydrogen-bond acceptors (Lipinski definition) is 3. The van der Waals surface area contributed by atoms with Crippen molar-refractivity contribution in [3.63, 3.8) is 0 Å². The van der Waals surface area contributed by atoms with Gasteiger partial charge in [-0.25, -0.2) is 4.39 Å². The molecule has 0 atom stereocenters. The van der Waals surface area contributed by atoms with E-state index >= 15 is 0 Å². The minimum absolute atomic E-state index is 0.0947. The van der Waals surface area contributed by atoms with Crippen LogP contribution in [0.15, 0.2) is 22.7 Å². The van der Waals surface area contributed by atoms with Crippen molar-refractivity contribution < 1.29 is 14.3 Å². The van der Waals surface area contributed by atoms with Crippen LogP contribution in [0.2, 0.25) is 0 Å². The molecule has 2 rings (SSSR count). The number of benzene rings is 1. The lowest BCUT2D eigenvalue weighted by Gasteiger charge is -2.21. The lowest BCUT2D eigenvalue weighted by molar-refractivity contribution is -0.138. The van der Waals surface area contributed by atoms with E-state index in [0.29, 0.717) is 11.0 Å². The van der Waals surface area contributed by atoms with Gasteiger partial charge in [-0.1, -0.05) is 12.1 Å². The van der Waals surface area contributed by atoms with Crippen molar-refractivity contribution >= 4 is 21.9 Å². The number of rotatable bonds is 4. The third kappa shape index (κ3) is 4.26. The first kappa shape index (κ1) is 15.4. The minimum atomic E-state index is -0.786. The summed E-state index contributed by atoms with van der Waals surface area (Å²) in [5.41, 5.74) is 0.927. The molecule has 0 bridgehead atoms. The Bertz CT molecular complexity index is 484. The first-order valence-corrected chi connectivity index (χ1v) is 7.45. The molecule has 1 aromatic carbocycles. The molecule has 0 unspecified atom stereocenters. The van der Waals surface area contributed by atoms with Gasteiger partial charge in [-0.3, -0.25) is 14.6 Å². The number of aliphatic carboxylic acids is 1. The first-order chi connectivity index (χ1) is 9.56. The summed E-state index contributed by atoms with van der Waals surface area (Å²) in [6.45, 7) is 4.01. The minimum Gasteiger partial charge on any atom is -0.480 e. The molecular weight excluding hydrogens is 327 g/mol. The van der Waals surface area contributed by atoms with E-state index in [9.17, 15) is 9.18 Å². The lowest BCUT2D eigenvalue weighted by atomic mass is 10.2. The van der Waals surface area contributed by atoms with Crippen molar-refractivity contribution in [1.82, 2.24) is 9.80 Å². The Hall–Kier alpha value is -0.980. The Kier molecular flexibility index (Phi) is 5.51. The van der Waals surface area contributed by atoms with Crippen LogP contribution in [0.1, 0.15) is 12.0 Å². The van der Waals surface area contributed by atoms with E-state index in [0.717, 1.165) is 38.2 Å². The van der Waals surface area contributed by atoms with Gasteiger partial charge in [-0.2, -0.15) is 0 Å². The molecule has 0 radical (unpaired) electrons. The maximum atomic E-state index is 13.5. The van der Waals surface area contributed by atoms with Gasteiger partial charge in [0.15, 0.2) is 0 Å². The highest BCUT2D eigenvalue weighted by Crippen LogP contribution is 2.22. The molecule has 0 aromatic heterocycles. The summed E-state index contributed by atoms with van der Waals surface area (Å²) >= 11 is 3.28. The smallest absolute Gasteiger partial charge is 0.317 e. The second kappa shape index (κ2) is 7.15. The molecule has 6 heteroatoms. The van der Waals surface area contributed by atoms with Gasteiger partial charge in [0.2, 0.25) is 0 Å². The van der Waals surface area contributed by atoms with Crippen LogP contribution in [0.25, 0.3) is 0 Å². The van der Waals surface area contributed by atoms with E-state index in [1.54, 1.807) is 6.07 Å². The summed E-state index contributed by atoms with van der Waals surface area (Å²) in [6.07, 6.45) is 0.931. The Morgan fingerprint density at radius 2 is 1.95 bits per heavy atom. The molecule has 4 nitrogen and oxygen atoms in total. The van der Waals surface area contributed by atoms with Crippen molar-refractivity contribution in [2.45, 2.75) is 13.0 Å². The van der Waals surface area contributed by atoms with Crippen LogP contribution in [0.5, 0.6) is 0 Å². The highest BCUT2D eigenvalue weighted by atomic mass is 79.9. The molecule has 0 saturated carbocycles. The third-order valence-corrected chi connectivity index (χ3v) is 4.35. The number of hydrogen-bond donors (Lipinski definition) is 1. The predicted octanol–water partition coefficient (Wildman–Crippen LogP) is 2.18. The summed E-state index contributed by atoms with van der Waals surface area (Å²) in [5, 5.41) is 8.82. The fourth-order valence-electron chi connectivity index (χ4n) is 2.44. The van der Waals surface area contributed by atoms with E-state index in [1.165, 1.54) is 6.07 Å². The molecule has 0 spiro atoms. The van der Waals surface area contributed by atoms with Gasteiger partial charge < -0.3 is 5.11 Å². The molecule has 20 heavy (non-hydrogen) atoms. The summed E-state index contributed by atoms with van der Waals surface area (Å²) in [5.74, 6) is -1.03. The highest BCUT2D eigenvalue weighted by Gasteiger charge is 2.17. The summed E-state index contributed by atoms with van der Waals surface area (Å²) in [4.78, 5) is 14.9. The quantitative estimate of drug-likeness (QED) is 0.909. The zero-order chi connectivity index (χ0) is 14.5.